The summed E-state index contributed by atoms with van der Waals surface area (Å²) in [5, 5.41) is 25.6. The molecule has 2 aromatic rings. The first-order valence-corrected chi connectivity index (χ1v) is 6.88. The SMILES string of the molecule is CSc1nnc(/N=N/c2ccc(O)c(Cl)c2)s1. The van der Waals surface area contributed by atoms with Crippen molar-refractivity contribution >= 4 is 45.5 Å². The van der Waals surface area contributed by atoms with Gasteiger partial charge in [0.1, 0.15) is 5.75 Å². The zero-order valence-corrected chi connectivity index (χ0v) is 11.1. The van der Waals surface area contributed by atoms with Gasteiger partial charge in [0.25, 0.3) is 5.13 Å². The number of hydrogen-bond donors (Lipinski definition) is 1. The van der Waals surface area contributed by atoms with Crippen molar-refractivity contribution in [2.45, 2.75) is 4.34 Å². The van der Waals surface area contributed by atoms with E-state index in [1.165, 1.54) is 35.2 Å². The summed E-state index contributed by atoms with van der Waals surface area (Å²) in [6.07, 6.45) is 1.92. The van der Waals surface area contributed by atoms with Crippen LogP contribution >= 0.6 is 34.7 Å². The van der Waals surface area contributed by atoms with Gasteiger partial charge in [-0.3, -0.25) is 0 Å². The summed E-state index contributed by atoms with van der Waals surface area (Å²) in [6.45, 7) is 0. The normalized spacial score (nSPS) is 11.2. The van der Waals surface area contributed by atoms with Crippen LogP contribution in [-0.4, -0.2) is 21.6 Å². The van der Waals surface area contributed by atoms with Gasteiger partial charge in [-0.2, -0.15) is 0 Å². The third-order valence-corrected chi connectivity index (χ3v) is 3.84. The monoisotopic (exact) mass is 286 g/mol. The number of hydrogen-bond acceptors (Lipinski definition) is 7. The van der Waals surface area contributed by atoms with Gasteiger partial charge in [-0.05, 0) is 24.5 Å². The second-order valence-corrected chi connectivity index (χ2v) is 5.31. The minimum Gasteiger partial charge on any atom is -0.506 e. The highest BCUT2D eigenvalue weighted by molar-refractivity contribution is 8.00. The van der Waals surface area contributed by atoms with Crippen LogP contribution in [0.2, 0.25) is 5.02 Å². The molecule has 8 heteroatoms. The Hall–Kier alpha value is -1.18. The number of halogens is 1. The summed E-state index contributed by atoms with van der Waals surface area (Å²) in [6, 6.07) is 4.60. The van der Waals surface area contributed by atoms with E-state index < -0.39 is 0 Å². The van der Waals surface area contributed by atoms with Crippen molar-refractivity contribution in [3.63, 3.8) is 0 Å². The number of thioether (sulfide) groups is 1. The smallest absolute Gasteiger partial charge is 0.252 e. The molecule has 88 valence electrons. The number of rotatable bonds is 3. The Kier molecular flexibility index (Phi) is 3.93. The Bertz CT molecular complexity index is 558. The standard InChI is InChI=1S/C9H7ClN4OS2/c1-16-9-14-13-8(17-9)12-11-5-2-3-7(15)6(10)4-5/h2-4,15H,1H3/b12-11+. The summed E-state index contributed by atoms with van der Waals surface area (Å²) < 4.78 is 0.836. The van der Waals surface area contributed by atoms with Gasteiger partial charge in [-0.25, -0.2) is 0 Å². The van der Waals surface area contributed by atoms with E-state index in [2.05, 4.69) is 20.4 Å². The fourth-order valence-corrected chi connectivity index (χ4v) is 2.24. The molecule has 0 spiro atoms. The fourth-order valence-electron chi connectivity index (χ4n) is 0.984. The molecule has 0 bridgehead atoms. The van der Waals surface area contributed by atoms with Crippen molar-refractivity contribution in [3.05, 3.63) is 23.2 Å². The summed E-state index contributed by atoms with van der Waals surface area (Å²) in [5.74, 6) is 0.0196. The van der Waals surface area contributed by atoms with Crippen LogP contribution in [0, 0.1) is 0 Å². The molecular formula is C9H7ClN4OS2. The number of phenols is 1. The highest BCUT2D eigenvalue weighted by Crippen LogP contribution is 2.30. The largest absolute Gasteiger partial charge is 0.506 e. The molecule has 2 rings (SSSR count). The molecule has 0 saturated carbocycles. The molecule has 1 aromatic carbocycles. The first kappa shape index (κ1) is 12.3. The third kappa shape index (κ3) is 3.15. The summed E-state index contributed by atoms with van der Waals surface area (Å²) in [5.41, 5.74) is 0.550. The fraction of sp³-hybridized carbons (Fsp3) is 0.111. The molecule has 0 amide bonds. The van der Waals surface area contributed by atoms with Crippen molar-refractivity contribution in [2.24, 2.45) is 10.2 Å². The van der Waals surface area contributed by atoms with Gasteiger partial charge in [0.15, 0.2) is 4.34 Å². The van der Waals surface area contributed by atoms with Gasteiger partial charge in [0, 0.05) is 0 Å². The third-order valence-electron chi connectivity index (χ3n) is 1.75. The molecule has 0 aliphatic rings. The van der Waals surface area contributed by atoms with Crippen LogP contribution in [0.5, 0.6) is 5.75 Å². The lowest BCUT2D eigenvalue weighted by atomic mass is 10.3. The maximum Gasteiger partial charge on any atom is 0.252 e. The summed E-state index contributed by atoms with van der Waals surface area (Å²) in [7, 11) is 0. The van der Waals surface area contributed by atoms with Gasteiger partial charge < -0.3 is 5.11 Å². The van der Waals surface area contributed by atoms with E-state index in [0.717, 1.165) is 4.34 Å². The van der Waals surface area contributed by atoms with Gasteiger partial charge in [0.05, 0.1) is 10.7 Å². The molecule has 1 heterocycles. The molecule has 0 unspecified atom stereocenters. The second kappa shape index (κ2) is 5.44. The van der Waals surface area contributed by atoms with E-state index in [0.29, 0.717) is 10.8 Å². The lowest BCUT2D eigenvalue weighted by molar-refractivity contribution is 0.475. The molecule has 5 nitrogen and oxygen atoms in total. The number of phenolic OH excluding ortho intramolecular Hbond substituents is 1. The molecule has 0 radical (unpaired) electrons. The van der Waals surface area contributed by atoms with Crippen LogP contribution in [0.1, 0.15) is 0 Å². The van der Waals surface area contributed by atoms with E-state index in [9.17, 15) is 5.11 Å². The summed E-state index contributed by atoms with van der Waals surface area (Å²) in [4.78, 5) is 0. The van der Waals surface area contributed by atoms with E-state index in [-0.39, 0.29) is 10.8 Å². The van der Waals surface area contributed by atoms with E-state index in [1.807, 2.05) is 6.26 Å². The molecule has 1 N–H and O–H groups in total. The number of benzene rings is 1. The quantitative estimate of drug-likeness (QED) is 0.683. The zero-order valence-electron chi connectivity index (χ0n) is 8.66. The van der Waals surface area contributed by atoms with Crippen LogP contribution in [0.25, 0.3) is 0 Å². The highest BCUT2D eigenvalue weighted by Gasteiger charge is 2.02. The van der Waals surface area contributed by atoms with Crippen LogP contribution in [-0.2, 0) is 0 Å². The Morgan fingerprint density at radius 1 is 1.35 bits per heavy atom. The predicted molar refractivity (Wildman–Crippen MR) is 69.0 cm³/mol. The van der Waals surface area contributed by atoms with Gasteiger partial charge in [-0.1, -0.05) is 34.7 Å². The van der Waals surface area contributed by atoms with Crippen molar-refractivity contribution in [1.29, 1.82) is 0 Å². The lowest BCUT2D eigenvalue weighted by Crippen LogP contribution is -1.68. The Balaban J connectivity index is 2.16. The van der Waals surface area contributed by atoms with Crippen LogP contribution < -0.4 is 0 Å². The molecule has 17 heavy (non-hydrogen) atoms. The van der Waals surface area contributed by atoms with Crippen LogP contribution in [0.4, 0.5) is 10.8 Å². The first-order valence-electron chi connectivity index (χ1n) is 4.47. The molecule has 0 fully saturated rings. The van der Waals surface area contributed by atoms with E-state index in [1.54, 1.807) is 6.07 Å². The van der Waals surface area contributed by atoms with E-state index in [4.69, 9.17) is 11.6 Å². The number of aromatic nitrogens is 2. The topological polar surface area (TPSA) is 70.7 Å². The number of azo groups is 1. The first-order chi connectivity index (χ1) is 8.19. The molecule has 0 saturated heterocycles. The van der Waals surface area contributed by atoms with Crippen LogP contribution in [0.15, 0.2) is 32.8 Å². The highest BCUT2D eigenvalue weighted by atomic mass is 35.5. The molecular weight excluding hydrogens is 280 g/mol. The molecule has 0 aliphatic carbocycles. The van der Waals surface area contributed by atoms with Crippen molar-refractivity contribution in [3.8, 4) is 5.75 Å². The number of nitrogens with zero attached hydrogens (tertiary/aromatic N) is 4. The van der Waals surface area contributed by atoms with Gasteiger partial charge in [0.2, 0.25) is 0 Å². The van der Waals surface area contributed by atoms with Gasteiger partial charge >= 0.3 is 0 Å². The maximum atomic E-state index is 9.24. The van der Waals surface area contributed by atoms with Crippen molar-refractivity contribution < 1.29 is 5.11 Å². The Morgan fingerprint density at radius 3 is 2.82 bits per heavy atom. The minimum absolute atomic E-state index is 0.0196. The molecule has 0 aliphatic heterocycles. The van der Waals surface area contributed by atoms with E-state index >= 15 is 0 Å². The lowest BCUT2D eigenvalue weighted by Gasteiger charge is -1.95. The second-order valence-electron chi connectivity index (χ2n) is 2.89. The zero-order chi connectivity index (χ0) is 12.3. The average Bonchev–Trinajstić information content (AvgIpc) is 2.79. The van der Waals surface area contributed by atoms with Crippen molar-refractivity contribution in [2.75, 3.05) is 6.26 Å². The average molecular weight is 287 g/mol. The Morgan fingerprint density at radius 2 is 2.18 bits per heavy atom. The summed E-state index contributed by atoms with van der Waals surface area (Å²) >= 11 is 8.60. The van der Waals surface area contributed by atoms with Crippen molar-refractivity contribution in [1.82, 2.24) is 10.2 Å². The maximum absolute atomic E-state index is 9.24. The predicted octanol–water partition coefficient (Wildman–Crippen LogP) is 4.03. The molecule has 0 atom stereocenters. The van der Waals surface area contributed by atoms with Crippen LogP contribution in [0.3, 0.4) is 0 Å². The van der Waals surface area contributed by atoms with Gasteiger partial charge in [-0.15, -0.1) is 20.4 Å². The molecule has 1 aromatic heterocycles. The minimum atomic E-state index is 0.0196. The Labute approximate surface area is 111 Å². The number of aromatic hydroxyl groups is 1.